The number of rotatable bonds is 3. The van der Waals surface area contributed by atoms with Crippen LogP contribution in [0.1, 0.15) is 45.4 Å². The van der Waals surface area contributed by atoms with E-state index in [1.165, 1.54) is 25.7 Å². The van der Waals surface area contributed by atoms with Gasteiger partial charge in [-0.3, -0.25) is 0 Å². The molecule has 0 aromatic carbocycles. The Balaban J connectivity index is 1.43. The van der Waals surface area contributed by atoms with E-state index in [2.05, 4.69) is 6.92 Å². The standard InChI is InChI=1S/C14H18/c1-2-3-8-4-9(5-8)12-13-10-6-11(7-10)14(12)13/h8-9,12H,2-7H2,1H3. The van der Waals surface area contributed by atoms with Gasteiger partial charge in [0.1, 0.15) is 0 Å². The lowest BCUT2D eigenvalue weighted by Crippen LogP contribution is -2.26. The van der Waals surface area contributed by atoms with Crippen molar-refractivity contribution in [3.63, 3.8) is 0 Å². The first kappa shape index (κ1) is 7.73. The van der Waals surface area contributed by atoms with E-state index < -0.39 is 0 Å². The predicted octanol–water partition coefficient (Wildman–Crippen LogP) is 3.84. The van der Waals surface area contributed by atoms with Crippen molar-refractivity contribution in [2.45, 2.75) is 45.4 Å². The van der Waals surface area contributed by atoms with Gasteiger partial charge in [-0.25, -0.2) is 0 Å². The van der Waals surface area contributed by atoms with Crippen LogP contribution in [0.4, 0.5) is 0 Å². The third kappa shape index (κ3) is 0.769. The van der Waals surface area contributed by atoms with Gasteiger partial charge in [0.2, 0.25) is 0 Å². The second kappa shape index (κ2) is 2.35. The van der Waals surface area contributed by atoms with Gasteiger partial charge in [-0.15, -0.1) is 0 Å². The fourth-order valence-corrected chi connectivity index (χ4v) is 4.08. The molecule has 74 valence electrons. The fraction of sp³-hybridized carbons (Fsp3) is 0.714. The van der Waals surface area contributed by atoms with Crippen LogP contribution in [0.3, 0.4) is 0 Å². The summed E-state index contributed by atoms with van der Waals surface area (Å²) in [6.07, 6.45) is 8.77. The average molecular weight is 186 g/mol. The second-order valence-electron chi connectivity index (χ2n) is 5.75. The molecule has 5 rings (SSSR count). The van der Waals surface area contributed by atoms with E-state index in [1.807, 2.05) is 22.3 Å². The summed E-state index contributed by atoms with van der Waals surface area (Å²) in [4.78, 5) is 0. The molecule has 0 heterocycles. The molecule has 0 amide bonds. The zero-order valence-corrected chi connectivity index (χ0v) is 8.97. The summed E-state index contributed by atoms with van der Waals surface area (Å²) < 4.78 is 0. The van der Waals surface area contributed by atoms with Crippen LogP contribution < -0.4 is 0 Å². The smallest absolute Gasteiger partial charge is 0.0123 e. The van der Waals surface area contributed by atoms with Gasteiger partial charge in [0.15, 0.2) is 0 Å². The predicted molar refractivity (Wildman–Crippen MR) is 57.9 cm³/mol. The van der Waals surface area contributed by atoms with Crippen molar-refractivity contribution in [3.8, 4) is 0 Å². The van der Waals surface area contributed by atoms with Crippen molar-refractivity contribution in [1.82, 2.24) is 0 Å². The van der Waals surface area contributed by atoms with Crippen molar-refractivity contribution < 1.29 is 0 Å². The van der Waals surface area contributed by atoms with Crippen LogP contribution in [0.5, 0.6) is 0 Å². The number of allylic oxidation sites excluding steroid dienone is 4. The molecular weight excluding hydrogens is 168 g/mol. The third-order valence-electron chi connectivity index (χ3n) is 4.88. The minimum atomic E-state index is 1.01. The number of hydrogen-bond donors (Lipinski definition) is 0. The van der Waals surface area contributed by atoms with E-state index >= 15 is 0 Å². The van der Waals surface area contributed by atoms with Gasteiger partial charge < -0.3 is 0 Å². The molecule has 0 aromatic rings. The van der Waals surface area contributed by atoms with E-state index in [1.54, 1.807) is 12.8 Å². The van der Waals surface area contributed by atoms with Crippen LogP contribution in [0, 0.1) is 17.8 Å². The Hall–Kier alpha value is -0.520. The van der Waals surface area contributed by atoms with E-state index in [9.17, 15) is 0 Å². The van der Waals surface area contributed by atoms with E-state index in [-0.39, 0.29) is 0 Å². The van der Waals surface area contributed by atoms with Crippen LogP contribution in [0.2, 0.25) is 0 Å². The van der Waals surface area contributed by atoms with Crippen molar-refractivity contribution in [2.24, 2.45) is 17.8 Å². The molecule has 0 atom stereocenters. The molecule has 5 aliphatic rings. The summed E-state index contributed by atoms with van der Waals surface area (Å²) in [5.41, 5.74) is 7.39. The minimum absolute atomic E-state index is 1.01. The zero-order valence-electron chi connectivity index (χ0n) is 8.97. The highest BCUT2D eigenvalue weighted by molar-refractivity contribution is 5.73. The average Bonchev–Trinajstić information content (AvgIpc) is 2.51. The highest BCUT2D eigenvalue weighted by Crippen LogP contribution is 2.69. The summed E-state index contributed by atoms with van der Waals surface area (Å²) in [6.45, 7) is 2.32. The number of hydrogen-bond acceptors (Lipinski definition) is 0. The van der Waals surface area contributed by atoms with Gasteiger partial charge in [-0.1, -0.05) is 30.9 Å². The SMILES string of the molecule is CCCC1CC(C2C3=C4CC(=C32)C4)C1. The molecule has 5 aliphatic carbocycles. The van der Waals surface area contributed by atoms with Crippen LogP contribution in [-0.4, -0.2) is 0 Å². The lowest BCUT2D eigenvalue weighted by molar-refractivity contribution is 0.166. The van der Waals surface area contributed by atoms with Gasteiger partial charge in [0.05, 0.1) is 0 Å². The molecule has 2 bridgehead atoms. The van der Waals surface area contributed by atoms with E-state index in [4.69, 9.17) is 0 Å². The molecule has 0 aliphatic heterocycles. The quantitative estimate of drug-likeness (QED) is 0.628. The molecule has 0 N–H and O–H groups in total. The Kier molecular flexibility index (Phi) is 1.30. The molecule has 0 saturated heterocycles. The highest BCUT2D eigenvalue weighted by Gasteiger charge is 2.56. The van der Waals surface area contributed by atoms with Crippen LogP contribution in [0.15, 0.2) is 22.3 Å². The molecule has 0 unspecified atom stereocenters. The summed E-state index contributed by atoms with van der Waals surface area (Å²) in [6, 6.07) is 0. The van der Waals surface area contributed by atoms with Gasteiger partial charge >= 0.3 is 0 Å². The molecular formula is C14H18. The molecule has 0 spiro atoms. The van der Waals surface area contributed by atoms with Crippen molar-refractivity contribution in [1.29, 1.82) is 0 Å². The maximum atomic E-state index is 2.32. The molecule has 3 fully saturated rings. The lowest BCUT2D eigenvalue weighted by Gasteiger charge is -2.36. The molecule has 0 nitrogen and oxygen atoms in total. The summed E-state index contributed by atoms with van der Waals surface area (Å²) in [5.74, 6) is 3.19. The fourth-order valence-electron chi connectivity index (χ4n) is 4.08. The summed E-state index contributed by atoms with van der Waals surface area (Å²) in [7, 11) is 0. The lowest BCUT2D eigenvalue weighted by atomic mass is 9.69. The highest BCUT2D eigenvalue weighted by atomic mass is 14.6. The molecule has 3 saturated carbocycles. The summed E-state index contributed by atoms with van der Waals surface area (Å²) >= 11 is 0. The van der Waals surface area contributed by atoms with Gasteiger partial charge in [0.25, 0.3) is 0 Å². The Morgan fingerprint density at radius 1 is 1.07 bits per heavy atom. The molecule has 0 heteroatoms. The first-order valence-electron chi connectivity index (χ1n) is 6.32. The molecule has 0 aromatic heterocycles. The Morgan fingerprint density at radius 3 is 2.29 bits per heavy atom. The maximum absolute atomic E-state index is 2.32. The van der Waals surface area contributed by atoms with Gasteiger partial charge in [0, 0.05) is 5.92 Å². The largest absolute Gasteiger partial charge is 0.0654 e. The Labute approximate surface area is 86.1 Å². The topological polar surface area (TPSA) is 0 Å². The van der Waals surface area contributed by atoms with E-state index in [0.29, 0.717) is 0 Å². The van der Waals surface area contributed by atoms with Gasteiger partial charge in [-0.05, 0) is 48.7 Å². The maximum Gasteiger partial charge on any atom is 0.0123 e. The molecule has 0 radical (unpaired) electrons. The second-order valence-corrected chi connectivity index (χ2v) is 5.75. The first-order valence-corrected chi connectivity index (χ1v) is 6.32. The Morgan fingerprint density at radius 2 is 1.71 bits per heavy atom. The van der Waals surface area contributed by atoms with Gasteiger partial charge in [-0.2, -0.15) is 0 Å². The van der Waals surface area contributed by atoms with Crippen LogP contribution >= 0.6 is 0 Å². The van der Waals surface area contributed by atoms with Crippen LogP contribution in [0.25, 0.3) is 0 Å². The Bertz CT molecular complexity index is 329. The van der Waals surface area contributed by atoms with Crippen molar-refractivity contribution in [2.75, 3.05) is 0 Å². The third-order valence-corrected chi connectivity index (χ3v) is 4.88. The van der Waals surface area contributed by atoms with Crippen LogP contribution in [-0.2, 0) is 0 Å². The van der Waals surface area contributed by atoms with Crippen molar-refractivity contribution in [3.05, 3.63) is 22.3 Å². The minimum Gasteiger partial charge on any atom is -0.0654 e. The first-order chi connectivity index (χ1) is 6.88. The normalized spacial score (nSPS) is 38.4. The molecule has 14 heavy (non-hydrogen) atoms. The monoisotopic (exact) mass is 186 g/mol. The zero-order chi connectivity index (χ0) is 9.28. The summed E-state index contributed by atoms with van der Waals surface area (Å²) in [5, 5.41) is 0. The van der Waals surface area contributed by atoms with Crippen molar-refractivity contribution >= 4 is 0 Å². The van der Waals surface area contributed by atoms with E-state index in [0.717, 1.165) is 17.8 Å².